The second-order valence-electron chi connectivity index (χ2n) is 5.74. The highest BCUT2D eigenvalue weighted by atomic mass is 16.7. The fourth-order valence-corrected chi connectivity index (χ4v) is 2.37. The molecule has 0 fully saturated rings. The molecule has 0 saturated heterocycles. The van der Waals surface area contributed by atoms with Crippen molar-refractivity contribution in [3.05, 3.63) is 82.2 Å². The minimum Gasteiger partial charge on any atom is -0.351 e. The van der Waals surface area contributed by atoms with Crippen molar-refractivity contribution >= 4 is 0 Å². The normalized spacial score (nSPS) is 10.2. The number of hydrogen-bond acceptors (Lipinski definition) is 3. The van der Waals surface area contributed by atoms with Crippen LogP contribution in [0, 0.1) is 17.9 Å². The van der Waals surface area contributed by atoms with Gasteiger partial charge in [0.2, 0.25) is 6.54 Å². The molecule has 0 spiro atoms. The van der Waals surface area contributed by atoms with E-state index in [0.29, 0.717) is 26.2 Å². The zero-order valence-electron chi connectivity index (χ0n) is 14.3. The van der Waals surface area contributed by atoms with E-state index in [1.165, 1.54) is 11.1 Å². The van der Waals surface area contributed by atoms with Gasteiger partial charge in [0.05, 0.1) is 19.3 Å². The smallest absolute Gasteiger partial charge is 0.218 e. The first kappa shape index (κ1) is 18.7. The van der Waals surface area contributed by atoms with E-state index < -0.39 is 0 Å². The van der Waals surface area contributed by atoms with Gasteiger partial charge in [-0.1, -0.05) is 48.5 Å². The average molecular weight is 334 g/mol. The van der Waals surface area contributed by atoms with Crippen LogP contribution in [0.3, 0.4) is 0 Å². The van der Waals surface area contributed by atoms with Crippen molar-refractivity contribution in [3.63, 3.8) is 0 Å². The summed E-state index contributed by atoms with van der Waals surface area (Å²) >= 11 is 0. The minimum atomic E-state index is 0.246. The number of benzene rings is 2. The largest absolute Gasteiger partial charge is 0.351 e. The van der Waals surface area contributed by atoms with E-state index in [0.717, 1.165) is 24.0 Å². The van der Waals surface area contributed by atoms with Crippen LogP contribution >= 0.6 is 0 Å². The van der Waals surface area contributed by atoms with E-state index in [-0.39, 0.29) is 6.79 Å². The van der Waals surface area contributed by atoms with E-state index in [2.05, 4.69) is 10.9 Å². The van der Waals surface area contributed by atoms with Gasteiger partial charge in [0, 0.05) is 12.8 Å². The summed E-state index contributed by atoms with van der Waals surface area (Å²) < 4.78 is 11.1. The zero-order valence-corrected chi connectivity index (χ0v) is 14.3. The second-order valence-corrected chi connectivity index (χ2v) is 5.74. The predicted octanol–water partition coefficient (Wildman–Crippen LogP) is 4.30. The van der Waals surface area contributed by atoms with Crippen LogP contribution in [-0.2, 0) is 35.5 Å². The van der Waals surface area contributed by atoms with Crippen LogP contribution in [0.5, 0.6) is 0 Å². The number of hydrogen-bond donors (Lipinski definition) is 0. The molecule has 2 aromatic carbocycles. The molecule has 0 N–H and O–H groups in total. The lowest BCUT2D eigenvalue weighted by Gasteiger charge is -2.07. The number of nitriles is 1. The summed E-state index contributed by atoms with van der Waals surface area (Å²) in [5, 5.41) is 8.58. The summed E-state index contributed by atoms with van der Waals surface area (Å²) in [5.74, 6) is 0. The Morgan fingerprint density at radius 2 is 1.28 bits per heavy atom. The molecule has 0 saturated carbocycles. The van der Waals surface area contributed by atoms with Crippen LogP contribution in [0.25, 0.3) is 4.85 Å². The SMILES string of the molecule is [C-]#[N+]CCc1ccc(COCOCc2ccc(CCC#N)cc2)cc1. The van der Waals surface area contributed by atoms with Crippen molar-refractivity contribution in [1.82, 2.24) is 0 Å². The molecule has 0 aliphatic rings. The third-order valence-electron chi connectivity index (χ3n) is 3.79. The first-order chi connectivity index (χ1) is 12.3. The third kappa shape index (κ3) is 7.18. The summed E-state index contributed by atoms with van der Waals surface area (Å²) in [7, 11) is 0. The van der Waals surface area contributed by atoms with Gasteiger partial charge in [0.1, 0.15) is 6.79 Å². The number of ether oxygens (including phenoxy) is 2. The molecule has 0 unspecified atom stereocenters. The Morgan fingerprint density at radius 3 is 1.76 bits per heavy atom. The molecule has 128 valence electrons. The van der Waals surface area contributed by atoms with Gasteiger partial charge in [0.15, 0.2) is 0 Å². The molecule has 4 heteroatoms. The maximum atomic E-state index is 8.58. The van der Waals surface area contributed by atoms with Gasteiger partial charge in [-0.15, -0.1) is 0 Å². The van der Waals surface area contributed by atoms with Crippen LogP contribution in [-0.4, -0.2) is 13.3 Å². The maximum absolute atomic E-state index is 8.58. The topological polar surface area (TPSA) is 46.6 Å². The molecule has 0 bridgehead atoms. The monoisotopic (exact) mass is 334 g/mol. The third-order valence-corrected chi connectivity index (χ3v) is 3.79. The molecular weight excluding hydrogens is 312 g/mol. The van der Waals surface area contributed by atoms with E-state index in [4.69, 9.17) is 21.3 Å². The van der Waals surface area contributed by atoms with Gasteiger partial charge in [-0.2, -0.15) is 5.26 Å². The van der Waals surface area contributed by atoms with Crippen LogP contribution in [0.1, 0.15) is 28.7 Å². The Morgan fingerprint density at radius 1 is 0.800 bits per heavy atom. The summed E-state index contributed by atoms with van der Waals surface area (Å²) in [6.45, 7) is 8.60. The molecule has 2 rings (SSSR count). The lowest BCUT2D eigenvalue weighted by molar-refractivity contribution is -0.0689. The highest BCUT2D eigenvalue weighted by Gasteiger charge is 1.99. The molecule has 25 heavy (non-hydrogen) atoms. The van der Waals surface area contributed by atoms with Crippen molar-refractivity contribution in [3.8, 4) is 6.07 Å². The van der Waals surface area contributed by atoms with Gasteiger partial charge >= 0.3 is 0 Å². The summed E-state index contributed by atoms with van der Waals surface area (Å²) in [5.41, 5.74) is 4.53. The first-order valence-electron chi connectivity index (χ1n) is 8.33. The maximum Gasteiger partial charge on any atom is 0.218 e. The van der Waals surface area contributed by atoms with Crippen molar-refractivity contribution in [2.45, 2.75) is 32.5 Å². The molecule has 0 heterocycles. The van der Waals surface area contributed by atoms with Crippen LogP contribution in [0.15, 0.2) is 48.5 Å². The van der Waals surface area contributed by atoms with Gasteiger partial charge < -0.3 is 14.3 Å². The quantitative estimate of drug-likeness (QED) is 0.370. The van der Waals surface area contributed by atoms with E-state index in [1.54, 1.807) is 0 Å². The van der Waals surface area contributed by atoms with E-state index in [1.807, 2.05) is 48.5 Å². The van der Waals surface area contributed by atoms with E-state index in [9.17, 15) is 0 Å². The highest BCUT2D eigenvalue weighted by Crippen LogP contribution is 2.09. The molecule has 4 nitrogen and oxygen atoms in total. The molecular formula is C21H22N2O2. The fourth-order valence-electron chi connectivity index (χ4n) is 2.37. The van der Waals surface area contributed by atoms with Crippen molar-refractivity contribution < 1.29 is 9.47 Å². The highest BCUT2D eigenvalue weighted by molar-refractivity contribution is 5.23. The van der Waals surface area contributed by atoms with Crippen LogP contribution < -0.4 is 0 Å². The Balaban J connectivity index is 1.63. The number of aryl methyl sites for hydroxylation is 1. The lowest BCUT2D eigenvalue weighted by atomic mass is 10.1. The standard InChI is InChI=1S/C21H22N2O2/c1-23-14-12-19-6-10-21(11-7-19)16-25-17-24-15-20-8-4-18(5-9-20)3-2-13-22/h4-11H,2-3,12,14-17H2. The van der Waals surface area contributed by atoms with Gasteiger partial charge in [-0.3, -0.25) is 0 Å². The second kappa shape index (κ2) is 11.0. The molecule has 0 aliphatic carbocycles. The molecule has 0 aromatic heterocycles. The van der Waals surface area contributed by atoms with Gasteiger partial charge in [-0.25, -0.2) is 6.57 Å². The van der Waals surface area contributed by atoms with Gasteiger partial charge in [0.25, 0.3) is 0 Å². The fraction of sp³-hybridized carbons (Fsp3) is 0.333. The first-order valence-corrected chi connectivity index (χ1v) is 8.33. The molecule has 0 radical (unpaired) electrons. The molecule has 2 aromatic rings. The minimum absolute atomic E-state index is 0.246. The summed E-state index contributed by atoms with van der Waals surface area (Å²) in [6.07, 6.45) is 2.13. The molecule has 0 amide bonds. The predicted molar refractivity (Wildman–Crippen MR) is 96.4 cm³/mol. The zero-order chi connectivity index (χ0) is 17.7. The Hall–Kier alpha value is -2.66. The van der Waals surface area contributed by atoms with Crippen molar-refractivity contribution in [1.29, 1.82) is 5.26 Å². The molecule has 0 aliphatic heterocycles. The van der Waals surface area contributed by atoms with Crippen LogP contribution in [0.2, 0.25) is 0 Å². The molecule has 0 atom stereocenters. The van der Waals surface area contributed by atoms with Gasteiger partial charge in [-0.05, 0) is 28.7 Å². The Kier molecular flexibility index (Phi) is 8.21. The Labute approximate surface area is 149 Å². The lowest BCUT2D eigenvalue weighted by Crippen LogP contribution is -2.01. The summed E-state index contributed by atoms with van der Waals surface area (Å²) in [4.78, 5) is 3.36. The van der Waals surface area contributed by atoms with Crippen molar-refractivity contribution in [2.75, 3.05) is 13.3 Å². The number of rotatable bonds is 10. The van der Waals surface area contributed by atoms with E-state index >= 15 is 0 Å². The number of nitrogens with zero attached hydrogens (tertiary/aromatic N) is 2. The average Bonchev–Trinajstić information content (AvgIpc) is 2.66. The van der Waals surface area contributed by atoms with Crippen molar-refractivity contribution in [2.24, 2.45) is 0 Å². The van der Waals surface area contributed by atoms with Crippen LogP contribution in [0.4, 0.5) is 0 Å². The summed E-state index contributed by atoms with van der Waals surface area (Å²) in [6, 6.07) is 18.4. The Bertz CT molecular complexity index is 646.